The van der Waals surface area contributed by atoms with Crippen LogP contribution in [-0.2, 0) is 4.79 Å². The molecule has 1 N–H and O–H groups in total. The third-order valence-electron chi connectivity index (χ3n) is 4.56. The van der Waals surface area contributed by atoms with Gasteiger partial charge in [0.25, 0.3) is 5.91 Å². The molecule has 1 aliphatic heterocycles. The molecule has 0 radical (unpaired) electrons. The van der Waals surface area contributed by atoms with Crippen LogP contribution < -0.4 is 10.2 Å². The van der Waals surface area contributed by atoms with E-state index in [-0.39, 0.29) is 12.5 Å². The van der Waals surface area contributed by atoms with Crippen LogP contribution >= 0.6 is 11.6 Å². The molecule has 0 aromatic heterocycles. The second-order valence-corrected chi connectivity index (χ2v) is 6.95. The van der Waals surface area contributed by atoms with Crippen molar-refractivity contribution in [2.24, 2.45) is 5.10 Å². The van der Waals surface area contributed by atoms with Crippen LogP contribution in [0, 0.1) is 0 Å². The average Bonchev–Trinajstić information content (AvgIpc) is 2.72. The lowest BCUT2D eigenvalue weighted by Crippen LogP contribution is -2.38. The molecule has 142 valence electrons. The smallest absolute Gasteiger partial charge is 0.260 e. The minimum atomic E-state index is 0.0560. The summed E-state index contributed by atoms with van der Waals surface area (Å²) < 4.78 is 5.64. The molecule has 1 aliphatic rings. The maximum atomic E-state index is 12.2. The molecule has 27 heavy (non-hydrogen) atoms. The van der Waals surface area contributed by atoms with E-state index in [1.165, 1.54) is 6.42 Å². The zero-order chi connectivity index (χ0) is 19.1. The maximum Gasteiger partial charge on any atom is 0.260 e. The van der Waals surface area contributed by atoms with Gasteiger partial charge in [0.2, 0.25) is 0 Å². The Morgan fingerprint density at radius 3 is 2.52 bits per heavy atom. The number of carbonyl (C=O) groups is 1. The molecule has 0 saturated carbocycles. The van der Waals surface area contributed by atoms with Crippen LogP contribution in [0.2, 0.25) is 5.02 Å². The van der Waals surface area contributed by atoms with Gasteiger partial charge >= 0.3 is 0 Å². The zero-order valence-electron chi connectivity index (χ0n) is 15.5. The Morgan fingerprint density at radius 1 is 1.11 bits per heavy atom. The molecule has 0 bridgehead atoms. The van der Waals surface area contributed by atoms with Crippen molar-refractivity contribution in [3.63, 3.8) is 0 Å². The van der Waals surface area contributed by atoms with Gasteiger partial charge in [0.1, 0.15) is 5.75 Å². The molecule has 1 saturated heterocycles. The van der Waals surface area contributed by atoms with E-state index >= 15 is 0 Å². The Kier molecular flexibility index (Phi) is 6.71. The standard InChI is InChI=1S/C21H24ClN3O2/c1-16(23-24-20-8-4-3-7-19(20)22)17-9-11-18(12-10-17)27-15-21(26)25-13-5-2-6-14-25/h3-4,7-12,24H,2,5-6,13-15H2,1H3/b23-16-. The molecule has 2 aromatic carbocycles. The summed E-state index contributed by atoms with van der Waals surface area (Å²) in [5.41, 5.74) is 5.52. The molecule has 3 rings (SSSR count). The zero-order valence-corrected chi connectivity index (χ0v) is 16.2. The number of nitrogens with one attached hydrogen (secondary N) is 1. The number of piperidine rings is 1. The predicted molar refractivity (Wildman–Crippen MR) is 110 cm³/mol. The number of benzene rings is 2. The molecular weight excluding hydrogens is 362 g/mol. The summed E-state index contributed by atoms with van der Waals surface area (Å²) in [6.07, 6.45) is 3.38. The van der Waals surface area contributed by atoms with Gasteiger partial charge in [0.15, 0.2) is 6.61 Å². The number of anilines is 1. The number of amides is 1. The third-order valence-corrected chi connectivity index (χ3v) is 4.89. The molecule has 1 fully saturated rings. The van der Waals surface area contributed by atoms with E-state index < -0.39 is 0 Å². The highest BCUT2D eigenvalue weighted by atomic mass is 35.5. The van der Waals surface area contributed by atoms with Crippen LogP contribution in [0.4, 0.5) is 5.69 Å². The Hall–Kier alpha value is -2.53. The summed E-state index contributed by atoms with van der Waals surface area (Å²) in [6, 6.07) is 15.0. The molecule has 0 atom stereocenters. The first kappa shape index (κ1) is 19.2. The fraction of sp³-hybridized carbons (Fsp3) is 0.333. The van der Waals surface area contributed by atoms with Gasteiger partial charge in [-0.15, -0.1) is 0 Å². The second-order valence-electron chi connectivity index (χ2n) is 6.54. The van der Waals surface area contributed by atoms with E-state index in [0.717, 1.165) is 42.9 Å². The summed E-state index contributed by atoms with van der Waals surface area (Å²) in [7, 11) is 0. The molecule has 0 aliphatic carbocycles. The Bertz CT molecular complexity index is 799. The fourth-order valence-electron chi connectivity index (χ4n) is 2.93. The number of nitrogens with zero attached hydrogens (tertiary/aromatic N) is 2. The molecule has 1 amide bonds. The highest BCUT2D eigenvalue weighted by Crippen LogP contribution is 2.21. The lowest BCUT2D eigenvalue weighted by atomic mass is 10.1. The highest BCUT2D eigenvalue weighted by molar-refractivity contribution is 6.33. The number of ether oxygens (including phenoxy) is 1. The third kappa shape index (κ3) is 5.47. The minimum Gasteiger partial charge on any atom is -0.484 e. The molecule has 0 spiro atoms. The van der Waals surface area contributed by atoms with Crippen LogP contribution in [0.1, 0.15) is 31.7 Å². The number of hydrogen-bond acceptors (Lipinski definition) is 4. The number of hydrazone groups is 1. The van der Waals surface area contributed by atoms with E-state index in [4.69, 9.17) is 16.3 Å². The number of carbonyl (C=O) groups excluding carboxylic acids is 1. The van der Waals surface area contributed by atoms with Gasteiger partial charge in [-0.25, -0.2) is 0 Å². The minimum absolute atomic E-state index is 0.0560. The Labute approximate surface area is 165 Å². The molecule has 1 heterocycles. The van der Waals surface area contributed by atoms with Crippen LogP contribution in [-0.4, -0.2) is 36.2 Å². The summed E-state index contributed by atoms with van der Waals surface area (Å²) in [5.74, 6) is 0.733. The van der Waals surface area contributed by atoms with Crippen LogP contribution in [0.5, 0.6) is 5.75 Å². The Morgan fingerprint density at radius 2 is 1.81 bits per heavy atom. The SMILES string of the molecule is C/C(=N/Nc1ccccc1Cl)c1ccc(OCC(=O)N2CCCCC2)cc1. The van der Waals surface area contributed by atoms with Crippen LogP contribution in [0.25, 0.3) is 0 Å². The van der Waals surface area contributed by atoms with E-state index in [1.807, 2.05) is 60.4 Å². The van der Waals surface area contributed by atoms with E-state index in [1.54, 1.807) is 0 Å². The monoisotopic (exact) mass is 385 g/mol. The van der Waals surface area contributed by atoms with Gasteiger partial charge in [-0.3, -0.25) is 10.2 Å². The van der Waals surface area contributed by atoms with Crippen LogP contribution in [0.3, 0.4) is 0 Å². The summed E-state index contributed by atoms with van der Waals surface area (Å²) in [5, 5.41) is 4.99. The van der Waals surface area contributed by atoms with Gasteiger partial charge in [-0.05, 0) is 68.1 Å². The summed E-state index contributed by atoms with van der Waals surface area (Å²) >= 11 is 6.11. The number of hydrogen-bond donors (Lipinski definition) is 1. The van der Waals surface area contributed by atoms with Crippen molar-refractivity contribution in [2.75, 3.05) is 25.1 Å². The normalized spacial score (nSPS) is 14.7. The maximum absolute atomic E-state index is 12.2. The molecule has 6 heteroatoms. The van der Waals surface area contributed by atoms with Crippen molar-refractivity contribution in [3.05, 3.63) is 59.1 Å². The lowest BCUT2D eigenvalue weighted by molar-refractivity contribution is -0.134. The van der Waals surface area contributed by atoms with E-state index in [9.17, 15) is 4.79 Å². The van der Waals surface area contributed by atoms with Crippen molar-refractivity contribution in [1.29, 1.82) is 0 Å². The summed E-state index contributed by atoms with van der Waals surface area (Å²) in [6.45, 7) is 3.69. The quantitative estimate of drug-likeness (QED) is 0.585. The largest absolute Gasteiger partial charge is 0.484 e. The average molecular weight is 386 g/mol. The number of rotatable bonds is 6. The molecule has 0 unspecified atom stereocenters. The van der Waals surface area contributed by atoms with Crippen molar-refractivity contribution >= 4 is 28.9 Å². The lowest BCUT2D eigenvalue weighted by Gasteiger charge is -2.26. The predicted octanol–water partition coefficient (Wildman–Crippen LogP) is 4.57. The molecule has 2 aromatic rings. The van der Waals surface area contributed by atoms with Crippen molar-refractivity contribution < 1.29 is 9.53 Å². The highest BCUT2D eigenvalue weighted by Gasteiger charge is 2.16. The van der Waals surface area contributed by atoms with Gasteiger partial charge in [-0.1, -0.05) is 23.7 Å². The van der Waals surface area contributed by atoms with Crippen LogP contribution in [0.15, 0.2) is 53.6 Å². The second kappa shape index (κ2) is 9.42. The van der Waals surface area contributed by atoms with Gasteiger partial charge in [0.05, 0.1) is 16.4 Å². The number of halogens is 1. The van der Waals surface area contributed by atoms with Crippen molar-refractivity contribution in [2.45, 2.75) is 26.2 Å². The van der Waals surface area contributed by atoms with Gasteiger partial charge in [-0.2, -0.15) is 5.10 Å². The van der Waals surface area contributed by atoms with E-state index in [2.05, 4.69) is 10.5 Å². The first-order chi connectivity index (χ1) is 13.1. The molecule has 5 nitrogen and oxygen atoms in total. The summed E-state index contributed by atoms with van der Waals surface area (Å²) in [4.78, 5) is 14.0. The van der Waals surface area contributed by atoms with E-state index in [0.29, 0.717) is 10.8 Å². The van der Waals surface area contributed by atoms with Crippen molar-refractivity contribution in [1.82, 2.24) is 4.90 Å². The Balaban J connectivity index is 1.54. The molecular formula is C21H24ClN3O2. The van der Waals surface area contributed by atoms with Crippen molar-refractivity contribution in [3.8, 4) is 5.75 Å². The van der Waals surface area contributed by atoms with Gasteiger partial charge < -0.3 is 9.64 Å². The van der Waals surface area contributed by atoms with Gasteiger partial charge in [0, 0.05) is 13.1 Å². The first-order valence-corrected chi connectivity index (χ1v) is 9.57. The fourth-order valence-corrected chi connectivity index (χ4v) is 3.11. The number of likely N-dealkylation sites (tertiary alicyclic amines) is 1. The topological polar surface area (TPSA) is 53.9 Å². The number of para-hydroxylation sites is 1. The first-order valence-electron chi connectivity index (χ1n) is 9.19.